The van der Waals surface area contributed by atoms with E-state index in [2.05, 4.69) is 5.10 Å². The van der Waals surface area contributed by atoms with E-state index < -0.39 is 0 Å². The number of fused-ring (bicyclic) bond motifs is 1. The third-order valence-electron chi connectivity index (χ3n) is 5.14. The third kappa shape index (κ3) is 3.05. The van der Waals surface area contributed by atoms with E-state index in [1.165, 1.54) is 10.6 Å². The van der Waals surface area contributed by atoms with Crippen molar-refractivity contribution in [2.24, 2.45) is 0 Å². The van der Waals surface area contributed by atoms with E-state index in [0.717, 1.165) is 22.6 Å². The summed E-state index contributed by atoms with van der Waals surface area (Å²) >= 11 is 0. The first-order valence-corrected chi connectivity index (χ1v) is 9.03. The second kappa shape index (κ2) is 7.12. The number of ether oxygens (including phenoxy) is 2. The fraction of sp³-hybridized carbons (Fsp3) is 0.350. The zero-order valence-corrected chi connectivity index (χ0v) is 16.1. The standard InChI is InChI=1S/C20H22N4O4/c1-23-10-13(8-17(23)25)15-9-18(26)24-20(21-15)19(16(22-24)11-27-2)12-4-6-14(28-3)7-5-12/h4-7,9,13,22H,8,10-11H2,1-3H3/t13-/m1/s1. The monoisotopic (exact) mass is 382 g/mol. The number of nitrogens with zero attached hydrogens (tertiary/aromatic N) is 3. The molecule has 0 radical (unpaired) electrons. The van der Waals surface area contributed by atoms with Gasteiger partial charge in [0.2, 0.25) is 5.91 Å². The van der Waals surface area contributed by atoms with E-state index in [-0.39, 0.29) is 17.4 Å². The molecule has 0 spiro atoms. The van der Waals surface area contributed by atoms with E-state index in [4.69, 9.17) is 14.5 Å². The lowest BCUT2D eigenvalue weighted by atomic mass is 10.0. The molecule has 8 nitrogen and oxygen atoms in total. The van der Waals surface area contributed by atoms with E-state index in [1.54, 1.807) is 26.2 Å². The Morgan fingerprint density at radius 2 is 1.96 bits per heavy atom. The average molecular weight is 382 g/mol. The van der Waals surface area contributed by atoms with Gasteiger partial charge in [0.15, 0.2) is 5.65 Å². The van der Waals surface area contributed by atoms with E-state index in [0.29, 0.717) is 30.9 Å². The molecule has 1 aromatic carbocycles. The highest BCUT2D eigenvalue weighted by molar-refractivity contribution is 5.81. The molecule has 1 amide bonds. The van der Waals surface area contributed by atoms with Crippen LogP contribution in [-0.2, 0) is 16.1 Å². The Hall–Kier alpha value is -3.13. The molecular weight excluding hydrogens is 360 g/mol. The number of hydrogen-bond donors (Lipinski definition) is 1. The molecular formula is C20H22N4O4. The summed E-state index contributed by atoms with van der Waals surface area (Å²) in [5, 5.41) is 3.10. The molecule has 3 heterocycles. The van der Waals surface area contributed by atoms with Gasteiger partial charge in [0.25, 0.3) is 5.56 Å². The molecule has 0 unspecified atom stereocenters. The van der Waals surface area contributed by atoms with E-state index in [1.807, 2.05) is 24.3 Å². The number of rotatable bonds is 5. The van der Waals surface area contributed by atoms with Crippen LogP contribution in [0.3, 0.4) is 0 Å². The van der Waals surface area contributed by atoms with Gasteiger partial charge < -0.3 is 14.4 Å². The summed E-state index contributed by atoms with van der Waals surface area (Å²) in [5.74, 6) is 0.728. The molecule has 1 aliphatic heterocycles. The number of aromatic amines is 1. The summed E-state index contributed by atoms with van der Waals surface area (Å²) in [6.07, 6.45) is 0.367. The molecule has 146 valence electrons. The first kappa shape index (κ1) is 18.2. The minimum absolute atomic E-state index is 0.0662. The van der Waals surface area contributed by atoms with Crippen LogP contribution < -0.4 is 10.3 Å². The summed E-state index contributed by atoms with van der Waals surface area (Å²) in [6, 6.07) is 9.08. The van der Waals surface area contributed by atoms with Gasteiger partial charge in [0.1, 0.15) is 5.75 Å². The predicted molar refractivity (Wildman–Crippen MR) is 104 cm³/mol. The van der Waals surface area contributed by atoms with Crippen LogP contribution in [0.5, 0.6) is 5.75 Å². The molecule has 0 aliphatic carbocycles. The Morgan fingerprint density at radius 3 is 2.57 bits per heavy atom. The molecule has 28 heavy (non-hydrogen) atoms. The molecule has 0 bridgehead atoms. The van der Waals surface area contributed by atoms with Crippen LogP contribution in [0.15, 0.2) is 35.1 Å². The number of hydrogen-bond acceptors (Lipinski definition) is 5. The van der Waals surface area contributed by atoms with Crippen LogP contribution >= 0.6 is 0 Å². The molecule has 2 aromatic heterocycles. The van der Waals surface area contributed by atoms with Crippen molar-refractivity contribution in [3.63, 3.8) is 0 Å². The zero-order valence-electron chi connectivity index (χ0n) is 16.1. The number of aromatic nitrogens is 3. The molecule has 1 N–H and O–H groups in total. The van der Waals surface area contributed by atoms with E-state index in [9.17, 15) is 9.59 Å². The quantitative estimate of drug-likeness (QED) is 0.727. The van der Waals surface area contributed by atoms with Crippen molar-refractivity contribution in [1.82, 2.24) is 19.5 Å². The van der Waals surface area contributed by atoms with Crippen LogP contribution in [0.1, 0.15) is 23.7 Å². The fourth-order valence-corrected chi connectivity index (χ4v) is 3.68. The number of carbonyl (C=O) groups excluding carboxylic acids is 1. The van der Waals surface area contributed by atoms with Gasteiger partial charge in [-0.3, -0.25) is 14.7 Å². The lowest BCUT2D eigenvalue weighted by molar-refractivity contribution is -0.126. The number of methoxy groups -OCH3 is 2. The van der Waals surface area contributed by atoms with Crippen molar-refractivity contribution in [2.75, 3.05) is 27.8 Å². The molecule has 0 saturated carbocycles. The topological polar surface area (TPSA) is 88.9 Å². The lowest BCUT2D eigenvalue weighted by Gasteiger charge is -2.10. The maximum absolute atomic E-state index is 12.8. The van der Waals surface area contributed by atoms with Crippen LogP contribution in [0, 0.1) is 0 Å². The van der Waals surface area contributed by atoms with Gasteiger partial charge >= 0.3 is 0 Å². The van der Waals surface area contributed by atoms with Gasteiger partial charge in [-0.2, -0.15) is 0 Å². The van der Waals surface area contributed by atoms with Gasteiger partial charge in [-0.1, -0.05) is 12.1 Å². The maximum Gasteiger partial charge on any atom is 0.272 e. The molecule has 1 atom stereocenters. The highest BCUT2D eigenvalue weighted by Crippen LogP contribution is 2.31. The van der Waals surface area contributed by atoms with Crippen LogP contribution in [-0.4, -0.2) is 53.2 Å². The van der Waals surface area contributed by atoms with Crippen molar-refractivity contribution in [2.45, 2.75) is 18.9 Å². The molecule has 8 heteroatoms. The number of H-pyrrole nitrogens is 1. The van der Waals surface area contributed by atoms with Gasteiger partial charge in [-0.15, -0.1) is 0 Å². The number of likely N-dealkylation sites (N-methyl/N-ethyl adjacent to an activating group) is 1. The van der Waals surface area contributed by atoms with Crippen LogP contribution in [0.25, 0.3) is 16.8 Å². The summed E-state index contributed by atoms with van der Waals surface area (Å²) in [6.45, 7) is 0.874. The molecule has 3 aromatic rings. The molecule has 1 fully saturated rings. The second-order valence-corrected chi connectivity index (χ2v) is 6.98. The minimum Gasteiger partial charge on any atom is -0.497 e. The highest BCUT2D eigenvalue weighted by Gasteiger charge is 2.30. The fourth-order valence-electron chi connectivity index (χ4n) is 3.68. The lowest BCUT2D eigenvalue weighted by Crippen LogP contribution is -2.20. The summed E-state index contributed by atoms with van der Waals surface area (Å²) in [5.41, 5.74) is 3.42. The maximum atomic E-state index is 12.8. The van der Waals surface area contributed by atoms with Crippen molar-refractivity contribution < 1.29 is 14.3 Å². The van der Waals surface area contributed by atoms with Gasteiger partial charge in [0, 0.05) is 44.7 Å². The Balaban J connectivity index is 1.89. The van der Waals surface area contributed by atoms with Crippen LogP contribution in [0.2, 0.25) is 0 Å². The largest absolute Gasteiger partial charge is 0.497 e. The van der Waals surface area contributed by atoms with Crippen LogP contribution in [0.4, 0.5) is 0 Å². The molecule has 4 rings (SSSR count). The minimum atomic E-state index is -0.209. The van der Waals surface area contributed by atoms with Gasteiger partial charge in [-0.05, 0) is 17.7 Å². The zero-order chi connectivity index (χ0) is 19.8. The average Bonchev–Trinajstić information content (AvgIpc) is 3.22. The first-order valence-electron chi connectivity index (χ1n) is 9.03. The summed E-state index contributed by atoms with van der Waals surface area (Å²) in [4.78, 5) is 31.1. The number of amides is 1. The number of nitrogens with one attached hydrogen (secondary N) is 1. The SMILES string of the molecule is COCc1[nH]n2c(=O)cc([C@@H]3CC(=O)N(C)C3)nc2c1-c1ccc(OC)cc1. The highest BCUT2D eigenvalue weighted by atomic mass is 16.5. The number of likely N-dealkylation sites (tertiary alicyclic amines) is 1. The third-order valence-corrected chi connectivity index (χ3v) is 5.14. The van der Waals surface area contributed by atoms with Crippen molar-refractivity contribution in [3.8, 4) is 16.9 Å². The molecule has 1 aliphatic rings. The summed E-state index contributed by atoms with van der Waals surface area (Å²) in [7, 11) is 4.98. The predicted octanol–water partition coefficient (Wildman–Crippen LogP) is 1.79. The Morgan fingerprint density at radius 1 is 1.21 bits per heavy atom. The Kier molecular flexibility index (Phi) is 4.64. The van der Waals surface area contributed by atoms with Crippen molar-refractivity contribution in [3.05, 3.63) is 52.1 Å². The molecule has 1 saturated heterocycles. The van der Waals surface area contributed by atoms with Gasteiger partial charge in [0.05, 0.1) is 25.1 Å². The number of benzene rings is 1. The van der Waals surface area contributed by atoms with E-state index >= 15 is 0 Å². The Bertz CT molecular complexity index is 1080. The normalized spacial score (nSPS) is 16.9. The Labute approximate surface area is 161 Å². The van der Waals surface area contributed by atoms with Crippen molar-refractivity contribution >= 4 is 11.6 Å². The second-order valence-electron chi connectivity index (χ2n) is 6.98. The first-order chi connectivity index (χ1) is 13.5. The summed E-state index contributed by atoms with van der Waals surface area (Å²) < 4.78 is 12.0. The number of carbonyl (C=O) groups is 1. The van der Waals surface area contributed by atoms with Crippen molar-refractivity contribution in [1.29, 1.82) is 0 Å². The van der Waals surface area contributed by atoms with Gasteiger partial charge in [-0.25, -0.2) is 9.50 Å². The smallest absolute Gasteiger partial charge is 0.272 e.